The van der Waals surface area contributed by atoms with Crippen LogP contribution >= 0.6 is 112 Å². The molecule has 0 atom stereocenters. The molecule has 4 saturated heterocycles. The third-order valence-electron chi connectivity index (χ3n) is 1.55. The normalized spacial score (nSPS) is 66.0. The molecule has 4 fully saturated rings. The lowest BCUT2D eigenvalue weighted by molar-refractivity contribution is 3.87. The van der Waals surface area contributed by atoms with Gasteiger partial charge in [-0.25, -0.2) is 0 Å². The predicted octanol–water partition coefficient (Wildman–Crippen LogP) is 3.89. The number of rotatable bonds is 0. The summed E-state index contributed by atoms with van der Waals surface area (Å²) in [5.41, 5.74) is 0. The van der Waals surface area contributed by atoms with Gasteiger partial charge in [0.15, 0.2) is 0 Å². The Morgan fingerprint density at radius 1 is 0.429 bits per heavy atom. The number of thiol groups is 4. The molecule has 0 amide bonds. The summed E-state index contributed by atoms with van der Waals surface area (Å²) in [5.74, 6) is 0. The van der Waals surface area contributed by atoms with Gasteiger partial charge in [-0.3, -0.25) is 0 Å². The molecule has 0 aliphatic carbocycles. The lowest BCUT2D eigenvalue weighted by Gasteiger charge is -2.58. The number of hydrogen-bond acceptors (Lipinski definition) is 10. The average molecular weight is 437 g/mol. The third kappa shape index (κ3) is 2.37. The third-order valence-corrected chi connectivity index (χ3v) is 125. The molecule has 4 heterocycles. The van der Waals surface area contributed by atoms with Crippen molar-refractivity contribution < 1.29 is 0 Å². The minimum Gasteiger partial charge on any atom is -0.170 e. The van der Waals surface area contributed by atoms with E-state index >= 15 is 0 Å². The highest BCUT2D eigenvalue weighted by molar-refractivity contribution is 9.48. The summed E-state index contributed by atoms with van der Waals surface area (Å²) in [6.45, 7) is 0. The molecule has 4 bridgehead atoms. The van der Waals surface area contributed by atoms with Crippen molar-refractivity contribution in [2.75, 3.05) is 0 Å². The van der Waals surface area contributed by atoms with E-state index in [0.29, 0.717) is 0 Å². The monoisotopic (exact) mass is 436 g/mol. The van der Waals surface area contributed by atoms with Gasteiger partial charge >= 0.3 is 0 Å². The lowest BCUT2D eigenvalue weighted by atomic mass is 26.8. The van der Waals surface area contributed by atoms with E-state index in [1.165, 1.54) is 0 Å². The van der Waals surface area contributed by atoms with Crippen molar-refractivity contribution in [3.8, 4) is 0 Å². The molecule has 0 unspecified atom stereocenters. The molecule has 0 radical (unpaired) electrons. The molecule has 14 heteroatoms. The lowest BCUT2D eigenvalue weighted by Crippen LogP contribution is -2.56. The summed E-state index contributed by atoms with van der Waals surface area (Å²) in [6, 6.07) is 0. The Hall–Kier alpha value is 4.37. The van der Waals surface area contributed by atoms with E-state index in [-0.39, 0.29) is 0 Å². The maximum atomic E-state index is 4.96. The Bertz CT molecular complexity index is 205. The zero-order valence-electron chi connectivity index (χ0n) is 6.24. The number of hydrogen-bond donors (Lipinski definition) is 4. The Morgan fingerprint density at radius 3 is 0.714 bits per heavy atom. The van der Waals surface area contributed by atoms with Crippen molar-refractivity contribution in [3.63, 3.8) is 0 Å². The summed E-state index contributed by atoms with van der Waals surface area (Å²) in [6.07, 6.45) is 0. The molecular weight excluding hydrogens is 433 g/mol. The van der Waals surface area contributed by atoms with Crippen molar-refractivity contribution >= 4 is 131 Å². The zero-order chi connectivity index (χ0) is 10.2. The van der Waals surface area contributed by atoms with Gasteiger partial charge in [0.2, 0.25) is 0 Å². The van der Waals surface area contributed by atoms with Crippen LogP contribution in [0.3, 0.4) is 0 Å². The highest BCUT2D eigenvalue weighted by Crippen LogP contribution is 2.84. The van der Waals surface area contributed by atoms with Gasteiger partial charge in [0.05, 0.1) is 0 Å². The summed E-state index contributed by atoms with van der Waals surface area (Å²) in [7, 11) is 12.8. The van der Waals surface area contributed by atoms with Gasteiger partial charge in [-0.2, -0.15) is 48.3 Å². The maximum Gasteiger partial charge on any atom is 0.287 e. The predicted molar refractivity (Wildman–Crippen MR) is 105 cm³/mol. The second-order valence-electron chi connectivity index (χ2n) is 2.71. The van der Waals surface area contributed by atoms with Crippen molar-refractivity contribution in [3.05, 3.63) is 0 Å². The van der Waals surface area contributed by atoms with E-state index in [1.807, 2.05) is 0 Å². The van der Waals surface area contributed by atoms with E-state index in [1.54, 1.807) is 0 Å². The van der Waals surface area contributed by atoms with Gasteiger partial charge < -0.3 is 0 Å². The largest absolute Gasteiger partial charge is 0.287 e. The smallest absolute Gasteiger partial charge is 0.170 e. The Balaban J connectivity index is 2.08. The van der Waals surface area contributed by atoms with E-state index in [2.05, 4.69) is 64.0 Å². The van der Waals surface area contributed by atoms with E-state index in [0.717, 1.165) is 0 Å². The van der Waals surface area contributed by atoms with Crippen LogP contribution in [0.5, 0.6) is 0 Å². The topological polar surface area (TPSA) is 0 Å². The molecule has 4 aliphatic rings. The Labute approximate surface area is 129 Å². The zero-order valence-corrected chi connectivity index (χ0v) is 18.7. The van der Waals surface area contributed by atoms with Gasteiger partial charge in [0.25, 0.3) is 18.7 Å². The summed E-state index contributed by atoms with van der Waals surface area (Å²) in [4.78, 5) is 0. The summed E-state index contributed by atoms with van der Waals surface area (Å²) >= 11 is 19.8. The first-order valence-corrected chi connectivity index (χ1v) is 30.1. The summed E-state index contributed by atoms with van der Waals surface area (Å²) < 4.78 is -5.92. The van der Waals surface area contributed by atoms with Crippen LogP contribution in [0, 0.1) is 0 Å². The molecule has 14 heavy (non-hydrogen) atoms. The van der Waals surface area contributed by atoms with Crippen LogP contribution in [-0.2, 0) is 0 Å². The average Bonchev–Trinajstić information content (AvgIpc) is 1.67. The molecule has 0 nitrogen and oxygen atoms in total. The van der Waals surface area contributed by atoms with Crippen LogP contribution in [0.1, 0.15) is 0 Å². The van der Waals surface area contributed by atoms with Crippen LogP contribution in [0.15, 0.2) is 0 Å². The van der Waals surface area contributed by atoms with Gasteiger partial charge in [0, 0.05) is 0 Å². The fourth-order valence-corrected chi connectivity index (χ4v) is 298. The van der Waals surface area contributed by atoms with Gasteiger partial charge in [-0.15, -0.1) is 64.0 Å². The van der Waals surface area contributed by atoms with E-state index < -0.39 is 18.7 Å². The van der Waals surface area contributed by atoms with Crippen molar-refractivity contribution in [1.82, 2.24) is 0 Å². The van der Waals surface area contributed by atoms with E-state index in [9.17, 15) is 0 Å². The second-order valence-corrected chi connectivity index (χ2v) is 73.1. The van der Waals surface area contributed by atoms with Crippen molar-refractivity contribution in [1.29, 1.82) is 0 Å². The first kappa shape index (κ1) is 13.4. The van der Waals surface area contributed by atoms with Gasteiger partial charge in [0.1, 0.15) is 0 Å². The molecular formula is H4S10Si4. The van der Waals surface area contributed by atoms with Gasteiger partial charge in [-0.05, 0) is 0 Å². The van der Waals surface area contributed by atoms with Crippen LogP contribution in [0.4, 0.5) is 0 Å². The fourth-order valence-electron chi connectivity index (χ4n) is 1.23. The molecule has 4 rings (SSSR count). The molecule has 0 aromatic heterocycles. The Kier molecular flexibility index (Phi) is 3.76. The fraction of sp³-hybridized carbons (Fsp3) is 0. The minimum absolute atomic E-state index is 1.48. The van der Waals surface area contributed by atoms with Crippen LogP contribution in [0.25, 0.3) is 0 Å². The molecule has 0 saturated carbocycles. The van der Waals surface area contributed by atoms with Crippen molar-refractivity contribution in [2.24, 2.45) is 0 Å². The molecule has 0 N–H and O–H groups in total. The first-order chi connectivity index (χ1) is 6.24. The molecule has 80 valence electrons. The molecule has 0 aromatic rings. The highest BCUT2D eigenvalue weighted by atomic mass is 33.4. The standard InChI is InChI=1S/H4S10Si4/c1-11-5-12(2)8-13(3,6-11)10-14(4,7-11)9-12/h1-4H. The summed E-state index contributed by atoms with van der Waals surface area (Å²) in [5, 5.41) is 0. The maximum absolute atomic E-state index is 4.96. The first-order valence-electron chi connectivity index (χ1n) is 3.34. The quantitative estimate of drug-likeness (QED) is 0.333. The molecule has 0 aromatic carbocycles. The van der Waals surface area contributed by atoms with Crippen molar-refractivity contribution in [2.45, 2.75) is 0 Å². The Morgan fingerprint density at radius 2 is 0.571 bits per heavy atom. The minimum atomic E-state index is -1.48. The molecule has 0 spiro atoms. The van der Waals surface area contributed by atoms with E-state index in [4.69, 9.17) is 48.3 Å². The SMILES string of the molecule is S[Si]12S[Si]3(S)S[Si](S)(S1)S[Si](S)(S2)S3. The molecule has 4 aliphatic heterocycles. The van der Waals surface area contributed by atoms with Crippen LogP contribution in [0.2, 0.25) is 0 Å². The van der Waals surface area contributed by atoms with Crippen LogP contribution in [-0.4, -0.2) is 18.7 Å². The van der Waals surface area contributed by atoms with Gasteiger partial charge in [-0.1, -0.05) is 0 Å². The second kappa shape index (κ2) is 3.94. The van der Waals surface area contributed by atoms with Crippen LogP contribution < -0.4 is 0 Å². The highest BCUT2D eigenvalue weighted by Gasteiger charge is 2.73.